The molecule has 1 N–H and O–H groups in total. The lowest BCUT2D eigenvalue weighted by atomic mass is 9.71. The Morgan fingerprint density at radius 3 is 2.26 bits per heavy atom. The van der Waals surface area contributed by atoms with E-state index in [2.05, 4.69) is 15.9 Å². The highest BCUT2D eigenvalue weighted by atomic mass is 79.9. The van der Waals surface area contributed by atoms with Crippen molar-refractivity contribution in [3.05, 3.63) is 34.3 Å². The van der Waals surface area contributed by atoms with Gasteiger partial charge in [-0.1, -0.05) is 35.0 Å². The van der Waals surface area contributed by atoms with Gasteiger partial charge in [0.05, 0.1) is 18.4 Å². The number of hydrogen-bond acceptors (Lipinski definition) is 3. The molecule has 0 spiro atoms. The average molecular weight is 329 g/mol. The summed E-state index contributed by atoms with van der Waals surface area (Å²) in [5, 5.41) is 9.49. The Hall–Kier alpha value is -1.36. The summed E-state index contributed by atoms with van der Waals surface area (Å²) < 4.78 is 5.63. The smallest absolute Gasteiger partial charge is 0.312 e. The molecule has 1 aromatic rings. The van der Waals surface area contributed by atoms with Gasteiger partial charge in [0, 0.05) is 4.47 Å². The van der Waals surface area contributed by atoms with E-state index in [0.29, 0.717) is 12.0 Å². The van der Waals surface area contributed by atoms with Gasteiger partial charge in [0.1, 0.15) is 0 Å². The summed E-state index contributed by atoms with van der Waals surface area (Å²) in [6.45, 7) is 3.41. The van der Waals surface area contributed by atoms with Gasteiger partial charge in [-0.15, -0.1) is 0 Å². The summed E-state index contributed by atoms with van der Waals surface area (Å²) >= 11 is 3.30. The highest BCUT2D eigenvalue weighted by molar-refractivity contribution is 9.10. The molecular weight excluding hydrogens is 312 g/mol. The third-order valence-corrected chi connectivity index (χ3v) is 4.00. The zero-order valence-corrected chi connectivity index (χ0v) is 12.7. The van der Waals surface area contributed by atoms with Crippen molar-refractivity contribution in [2.45, 2.75) is 26.2 Å². The lowest BCUT2D eigenvalue weighted by Gasteiger charge is -2.31. The van der Waals surface area contributed by atoms with Gasteiger partial charge in [0.15, 0.2) is 0 Å². The highest BCUT2D eigenvalue weighted by Gasteiger charge is 2.46. The maximum Gasteiger partial charge on any atom is 0.312 e. The predicted octanol–water partition coefficient (Wildman–Crippen LogP) is 3.21. The second-order valence-electron chi connectivity index (χ2n) is 4.59. The second kappa shape index (κ2) is 6.19. The molecule has 0 heterocycles. The molecule has 0 fully saturated rings. The first-order chi connectivity index (χ1) is 8.86. The molecule has 0 aromatic heterocycles. The molecule has 0 aliphatic rings. The molecule has 0 saturated heterocycles. The van der Waals surface area contributed by atoms with E-state index in [0.717, 1.165) is 4.47 Å². The zero-order chi connectivity index (χ0) is 14.6. The molecule has 4 nitrogen and oxygen atoms in total. The van der Waals surface area contributed by atoms with Crippen molar-refractivity contribution in [2.75, 3.05) is 7.11 Å². The van der Waals surface area contributed by atoms with Crippen molar-refractivity contribution in [1.29, 1.82) is 0 Å². The first-order valence-electron chi connectivity index (χ1n) is 5.93. The molecule has 0 aliphatic carbocycles. The Kier molecular flexibility index (Phi) is 5.11. The number of methoxy groups -OCH3 is 1. The molecular formula is C14H17BrO4. The molecule has 0 aliphatic heterocycles. The minimum atomic E-state index is -1.09. The summed E-state index contributed by atoms with van der Waals surface area (Å²) in [6.07, 6.45) is 0.382. The largest absolute Gasteiger partial charge is 0.481 e. The van der Waals surface area contributed by atoms with Crippen molar-refractivity contribution >= 4 is 27.9 Å². The molecule has 0 bridgehead atoms. The molecule has 0 radical (unpaired) electrons. The monoisotopic (exact) mass is 328 g/mol. The van der Waals surface area contributed by atoms with E-state index in [1.807, 2.05) is 0 Å². The number of rotatable bonds is 5. The van der Waals surface area contributed by atoms with E-state index in [9.17, 15) is 14.7 Å². The van der Waals surface area contributed by atoms with Gasteiger partial charge >= 0.3 is 11.9 Å². The quantitative estimate of drug-likeness (QED) is 0.843. The fraction of sp³-hybridized carbons (Fsp3) is 0.429. The number of carboxylic acid groups (broad SMARTS) is 1. The Morgan fingerprint density at radius 1 is 1.37 bits per heavy atom. The lowest BCUT2D eigenvalue weighted by Crippen LogP contribution is -2.39. The summed E-state index contributed by atoms with van der Waals surface area (Å²) in [5.41, 5.74) is -0.500. The SMILES string of the molecule is CCC(C)(C(=O)OC)C(C(=O)O)c1ccc(Br)cc1. The van der Waals surface area contributed by atoms with Gasteiger partial charge in [0.2, 0.25) is 0 Å². The maximum absolute atomic E-state index is 12.0. The number of aliphatic carboxylic acids is 1. The van der Waals surface area contributed by atoms with Crippen molar-refractivity contribution in [3.63, 3.8) is 0 Å². The third-order valence-electron chi connectivity index (χ3n) is 3.47. The first kappa shape index (κ1) is 15.7. The number of halogens is 1. The Labute approximate surface area is 120 Å². The molecule has 2 atom stereocenters. The fourth-order valence-electron chi connectivity index (χ4n) is 2.14. The van der Waals surface area contributed by atoms with Crippen LogP contribution in [0.5, 0.6) is 0 Å². The second-order valence-corrected chi connectivity index (χ2v) is 5.50. The van der Waals surface area contributed by atoms with Gasteiger partial charge in [0.25, 0.3) is 0 Å². The molecule has 2 unspecified atom stereocenters. The maximum atomic E-state index is 12.0. The van der Waals surface area contributed by atoms with E-state index in [1.54, 1.807) is 38.1 Å². The van der Waals surface area contributed by atoms with Crippen LogP contribution < -0.4 is 0 Å². The molecule has 1 rings (SSSR count). The lowest BCUT2D eigenvalue weighted by molar-refractivity contribution is -0.160. The normalized spacial score (nSPS) is 15.4. The highest BCUT2D eigenvalue weighted by Crippen LogP contribution is 2.40. The van der Waals surface area contributed by atoms with E-state index in [4.69, 9.17) is 4.74 Å². The van der Waals surface area contributed by atoms with E-state index < -0.39 is 23.3 Å². The fourth-order valence-corrected chi connectivity index (χ4v) is 2.40. The van der Waals surface area contributed by atoms with Crippen LogP contribution >= 0.6 is 15.9 Å². The van der Waals surface area contributed by atoms with Crippen molar-refractivity contribution in [3.8, 4) is 0 Å². The van der Waals surface area contributed by atoms with E-state index >= 15 is 0 Å². The van der Waals surface area contributed by atoms with Crippen LogP contribution in [0, 0.1) is 5.41 Å². The molecule has 104 valence electrons. The van der Waals surface area contributed by atoms with Crippen LogP contribution in [0.3, 0.4) is 0 Å². The van der Waals surface area contributed by atoms with Gasteiger partial charge in [-0.3, -0.25) is 9.59 Å². The van der Waals surface area contributed by atoms with Crippen LogP contribution in [0.1, 0.15) is 31.7 Å². The molecule has 0 amide bonds. The number of carbonyl (C=O) groups excluding carboxylic acids is 1. The van der Waals surface area contributed by atoms with Crippen LogP contribution in [0.25, 0.3) is 0 Å². The Balaban J connectivity index is 3.30. The topological polar surface area (TPSA) is 63.6 Å². The summed E-state index contributed by atoms with van der Waals surface area (Å²) in [6, 6.07) is 6.94. The van der Waals surface area contributed by atoms with Crippen LogP contribution in [0.4, 0.5) is 0 Å². The number of carboxylic acids is 1. The molecule has 1 aromatic carbocycles. The van der Waals surface area contributed by atoms with Gasteiger partial charge in [-0.05, 0) is 31.0 Å². The average Bonchev–Trinajstić information content (AvgIpc) is 2.39. The van der Waals surface area contributed by atoms with Crippen LogP contribution in [-0.4, -0.2) is 24.2 Å². The third kappa shape index (κ3) is 3.15. The van der Waals surface area contributed by atoms with Gasteiger partial charge in [-0.25, -0.2) is 0 Å². The summed E-state index contributed by atoms with van der Waals surface area (Å²) in [4.78, 5) is 23.5. The van der Waals surface area contributed by atoms with Gasteiger partial charge < -0.3 is 9.84 Å². The molecule has 19 heavy (non-hydrogen) atoms. The predicted molar refractivity (Wildman–Crippen MR) is 74.9 cm³/mol. The first-order valence-corrected chi connectivity index (χ1v) is 6.72. The Morgan fingerprint density at radius 2 is 1.89 bits per heavy atom. The van der Waals surface area contributed by atoms with E-state index in [1.165, 1.54) is 7.11 Å². The van der Waals surface area contributed by atoms with Crippen molar-refractivity contribution in [2.24, 2.45) is 5.41 Å². The van der Waals surface area contributed by atoms with Gasteiger partial charge in [-0.2, -0.15) is 0 Å². The van der Waals surface area contributed by atoms with Crippen LogP contribution in [-0.2, 0) is 14.3 Å². The number of esters is 1. The minimum absolute atomic E-state index is 0.382. The number of hydrogen-bond donors (Lipinski definition) is 1. The van der Waals surface area contributed by atoms with E-state index in [-0.39, 0.29) is 0 Å². The van der Waals surface area contributed by atoms with Crippen molar-refractivity contribution in [1.82, 2.24) is 0 Å². The number of carbonyl (C=O) groups is 2. The zero-order valence-electron chi connectivity index (χ0n) is 11.1. The Bertz CT molecular complexity index is 469. The number of ether oxygens (including phenoxy) is 1. The van der Waals surface area contributed by atoms with Crippen LogP contribution in [0.15, 0.2) is 28.7 Å². The molecule has 0 saturated carbocycles. The minimum Gasteiger partial charge on any atom is -0.481 e. The summed E-state index contributed by atoms with van der Waals surface area (Å²) in [5.74, 6) is -2.47. The molecule has 5 heteroatoms. The van der Waals surface area contributed by atoms with Crippen LogP contribution in [0.2, 0.25) is 0 Å². The number of benzene rings is 1. The standard InChI is InChI=1S/C14H17BrO4/c1-4-14(2,13(18)19-3)11(12(16)17)9-5-7-10(15)8-6-9/h5-8,11H,4H2,1-3H3,(H,16,17). The van der Waals surface area contributed by atoms with Crippen molar-refractivity contribution < 1.29 is 19.4 Å². The summed E-state index contributed by atoms with van der Waals surface area (Å²) in [7, 11) is 1.27.